The first-order valence-electron chi connectivity index (χ1n) is 5.29. The van der Waals surface area contributed by atoms with Crippen molar-refractivity contribution in [2.24, 2.45) is 5.92 Å². The summed E-state index contributed by atoms with van der Waals surface area (Å²) in [7, 11) is 0. The Morgan fingerprint density at radius 3 is 2.92 bits per heavy atom. The Morgan fingerprint density at radius 2 is 2.38 bits per heavy atom. The molecule has 76 valence electrons. The van der Waals surface area contributed by atoms with Gasteiger partial charge in [-0.1, -0.05) is 6.08 Å². The predicted octanol–water partition coefficient (Wildman–Crippen LogP) is 1.49. The van der Waals surface area contributed by atoms with Gasteiger partial charge < -0.3 is 10.2 Å². The summed E-state index contributed by atoms with van der Waals surface area (Å²) in [5, 5.41) is 3.39. The lowest BCUT2D eigenvalue weighted by molar-refractivity contribution is 0.264. The molecule has 0 aromatic heterocycles. The summed E-state index contributed by atoms with van der Waals surface area (Å²) in [6, 6.07) is 0.712. The van der Waals surface area contributed by atoms with Gasteiger partial charge in [0.25, 0.3) is 0 Å². The summed E-state index contributed by atoms with van der Waals surface area (Å²) >= 11 is 0. The maximum atomic E-state index is 3.70. The van der Waals surface area contributed by atoms with Crippen LogP contribution in [0.4, 0.5) is 0 Å². The van der Waals surface area contributed by atoms with Crippen LogP contribution in [-0.4, -0.2) is 37.1 Å². The molecule has 1 N–H and O–H groups in total. The Balaban J connectivity index is 2.13. The molecule has 1 saturated heterocycles. The molecule has 1 fully saturated rings. The summed E-state index contributed by atoms with van der Waals surface area (Å²) in [6.07, 6.45) is 3.28. The fraction of sp³-hybridized carbons (Fsp3) is 0.818. The maximum absolute atomic E-state index is 3.70. The number of nitrogens with zero attached hydrogens (tertiary/aromatic N) is 1. The molecule has 1 unspecified atom stereocenters. The van der Waals surface area contributed by atoms with E-state index in [0.717, 1.165) is 19.0 Å². The average Bonchev–Trinajstić information content (AvgIpc) is 2.53. The third-order valence-electron chi connectivity index (χ3n) is 2.77. The minimum atomic E-state index is 0.712. The molecule has 0 saturated carbocycles. The van der Waals surface area contributed by atoms with E-state index in [0.29, 0.717) is 6.04 Å². The van der Waals surface area contributed by atoms with Crippen LogP contribution < -0.4 is 5.32 Å². The summed E-state index contributed by atoms with van der Waals surface area (Å²) in [6.45, 7) is 12.9. The quantitative estimate of drug-likeness (QED) is 0.512. The van der Waals surface area contributed by atoms with E-state index in [9.17, 15) is 0 Å². The normalized spacial score (nSPS) is 24.1. The molecule has 2 heteroatoms. The molecule has 1 heterocycles. The molecule has 1 aliphatic rings. The fourth-order valence-corrected chi connectivity index (χ4v) is 1.89. The van der Waals surface area contributed by atoms with E-state index in [2.05, 4.69) is 30.6 Å². The van der Waals surface area contributed by atoms with Gasteiger partial charge in [0.1, 0.15) is 0 Å². The largest absolute Gasteiger partial charge is 0.313 e. The van der Waals surface area contributed by atoms with Crippen molar-refractivity contribution in [2.75, 3.05) is 26.2 Å². The molecule has 0 aromatic carbocycles. The van der Waals surface area contributed by atoms with E-state index >= 15 is 0 Å². The predicted molar refractivity (Wildman–Crippen MR) is 57.9 cm³/mol. The number of nitrogens with one attached hydrogen (secondary N) is 1. The third kappa shape index (κ3) is 3.49. The minimum absolute atomic E-state index is 0.712. The third-order valence-corrected chi connectivity index (χ3v) is 2.77. The molecule has 1 atom stereocenters. The van der Waals surface area contributed by atoms with Crippen molar-refractivity contribution in [1.82, 2.24) is 10.2 Å². The van der Waals surface area contributed by atoms with E-state index in [1.807, 2.05) is 6.08 Å². The molecular formula is C11H22N2. The van der Waals surface area contributed by atoms with Crippen LogP contribution in [0, 0.1) is 5.92 Å². The lowest BCUT2D eigenvalue weighted by Crippen LogP contribution is -2.30. The number of hydrogen-bond acceptors (Lipinski definition) is 2. The van der Waals surface area contributed by atoms with Gasteiger partial charge in [0, 0.05) is 19.1 Å². The average molecular weight is 182 g/mol. The van der Waals surface area contributed by atoms with Crippen molar-refractivity contribution in [1.29, 1.82) is 0 Å². The molecule has 0 aliphatic carbocycles. The lowest BCUT2D eigenvalue weighted by atomic mass is 10.1. The molecular weight excluding hydrogens is 160 g/mol. The fourth-order valence-electron chi connectivity index (χ4n) is 1.89. The first kappa shape index (κ1) is 10.7. The molecule has 0 aromatic rings. The zero-order chi connectivity index (χ0) is 9.68. The van der Waals surface area contributed by atoms with Gasteiger partial charge in [-0.3, -0.25) is 0 Å². The van der Waals surface area contributed by atoms with Gasteiger partial charge in [-0.05, 0) is 39.3 Å². The van der Waals surface area contributed by atoms with E-state index in [-0.39, 0.29) is 0 Å². The molecule has 1 aliphatic heterocycles. The van der Waals surface area contributed by atoms with Crippen LogP contribution in [0.25, 0.3) is 0 Å². The lowest BCUT2D eigenvalue weighted by Gasteiger charge is -2.20. The van der Waals surface area contributed by atoms with Crippen molar-refractivity contribution < 1.29 is 0 Å². The molecule has 2 nitrogen and oxygen atoms in total. The highest BCUT2D eigenvalue weighted by Gasteiger charge is 2.23. The van der Waals surface area contributed by atoms with Gasteiger partial charge in [0.15, 0.2) is 0 Å². The molecule has 0 radical (unpaired) electrons. The van der Waals surface area contributed by atoms with Crippen LogP contribution in [0.1, 0.15) is 20.3 Å². The Labute approximate surface area is 82.0 Å². The summed E-state index contributed by atoms with van der Waals surface area (Å²) in [4.78, 5) is 2.56. The Hall–Kier alpha value is -0.340. The number of hydrogen-bond donors (Lipinski definition) is 1. The van der Waals surface area contributed by atoms with Crippen molar-refractivity contribution in [3.63, 3.8) is 0 Å². The van der Waals surface area contributed by atoms with Gasteiger partial charge >= 0.3 is 0 Å². The van der Waals surface area contributed by atoms with E-state index < -0.39 is 0 Å². The van der Waals surface area contributed by atoms with Crippen LogP contribution in [0.3, 0.4) is 0 Å². The SMILES string of the molecule is C=CCNCC1CCN(C(C)C)C1. The highest BCUT2D eigenvalue weighted by atomic mass is 15.2. The second-order valence-electron chi connectivity index (χ2n) is 4.19. The zero-order valence-electron chi connectivity index (χ0n) is 8.92. The maximum Gasteiger partial charge on any atom is 0.0132 e. The van der Waals surface area contributed by atoms with Crippen molar-refractivity contribution in [3.8, 4) is 0 Å². The smallest absolute Gasteiger partial charge is 0.0132 e. The van der Waals surface area contributed by atoms with Gasteiger partial charge in [-0.25, -0.2) is 0 Å². The van der Waals surface area contributed by atoms with Crippen LogP contribution in [0.2, 0.25) is 0 Å². The van der Waals surface area contributed by atoms with Crippen molar-refractivity contribution in [3.05, 3.63) is 12.7 Å². The van der Waals surface area contributed by atoms with Gasteiger partial charge in [0.2, 0.25) is 0 Å². The summed E-state index contributed by atoms with van der Waals surface area (Å²) < 4.78 is 0. The highest BCUT2D eigenvalue weighted by molar-refractivity contribution is 4.80. The Morgan fingerprint density at radius 1 is 1.62 bits per heavy atom. The van der Waals surface area contributed by atoms with Gasteiger partial charge in [0.05, 0.1) is 0 Å². The zero-order valence-corrected chi connectivity index (χ0v) is 8.92. The first-order valence-corrected chi connectivity index (χ1v) is 5.29. The van der Waals surface area contributed by atoms with Crippen molar-refractivity contribution in [2.45, 2.75) is 26.3 Å². The number of rotatable bonds is 5. The second kappa shape index (κ2) is 5.40. The molecule has 0 spiro atoms. The van der Waals surface area contributed by atoms with E-state index in [4.69, 9.17) is 0 Å². The van der Waals surface area contributed by atoms with Crippen LogP contribution in [0.15, 0.2) is 12.7 Å². The first-order chi connectivity index (χ1) is 6.24. The monoisotopic (exact) mass is 182 g/mol. The Bertz CT molecular complexity index is 154. The second-order valence-corrected chi connectivity index (χ2v) is 4.19. The van der Waals surface area contributed by atoms with E-state index in [1.165, 1.54) is 19.5 Å². The number of likely N-dealkylation sites (tertiary alicyclic amines) is 1. The summed E-state index contributed by atoms with van der Waals surface area (Å²) in [5.41, 5.74) is 0. The Kier molecular flexibility index (Phi) is 4.46. The minimum Gasteiger partial charge on any atom is -0.313 e. The highest BCUT2D eigenvalue weighted by Crippen LogP contribution is 2.17. The molecule has 1 rings (SSSR count). The topological polar surface area (TPSA) is 15.3 Å². The summed E-state index contributed by atoms with van der Waals surface area (Å²) in [5.74, 6) is 0.849. The molecule has 0 amide bonds. The van der Waals surface area contributed by atoms with Crippen LogP contribution >= 0.6 is 0 Å². The van der Waals surface area contributed by atoms with Crippen LogP contribution in [-0.2, 0) is 0 Å². The van der Waals surface area contributed by atoms with E-state index in [1.54, 1.807) is 0 Å². The van der Waals surface area contributed by atoms with Gasteiger partial charge in [-0.2, -0.15) is 0 Å². The molecule has 13 heavy (non-hydrogen) atoms. The van der Waals surface area contributed by atoms with Crippen LogP contribution in [0.5, 0.6) is 0 Å². The van der Waals surface area contributed by atoms with Gasteiger partial charge in [-0.15, -0.1) is 6.58 Å². The van der Waals surface area contributed by atoms with Crippen molar-refractivity contribution >= 4 is 0 Å². The standard InChI is InChI=1S/C11H22N2/c1-4-6-12-8-11-5-7-13(9-11)10(2)3/h4,10-12H,1,5-9H2,2-3H3. The molecule has 0 bridgehead atoms.